The molecule has 2 N–H and O–H groups in total. The van der Waals surface area contributed by atoms with E-state index in [4.69, 9.17) is 0 Å². The molecule has 2 rings (SSSR count). The highest BCUT2D eigenvalue weighted by Crippen LogP contribution is 2.26. The van der Waals surface area contributed by atoms with Crippen LogP contribution in [0.25, 0.3) is 0 Å². The summed E-state index contributed by atoms with van der Waals surface area (Å²) in [4.78, 5) is 39.0. The average Bonchev–Trinajstić information content (AvgIpc) is 2.89. The molecule has 1 aromatic rings. The molecule has 7 heteroatoms. The summed E-state index contributed by atoms with van der Waals surface area (Å²) in [6.45, 7) is 3.16. The Labute approximate surface area is 142 Å². The van der Waals surface area contributed by atoms with Crippen LogP contribution in [0, 0.1) is 5.92 Å². The fourth-order valence-electron chi connectivity index (χ4n) is 2.61. The molecule has 1 atom stereocenters. The number of likely N-dealkylation sites (N-methyl/N-ethyl adjacent to an activating group) is 1. The lowest BCUT2D eigenvalue weighted by molar-refractivity contribution is -0.126. The Bertz CT molecular complexity index is 613. The lowest BCUT2D eigenvalue weighted by Crippen LogP contribution is -2.36. The number of carbonyl (C=O) groups is 3. The first kappa shape index (κ1) is 17.9. The summed E-state index contributed by atoms with van der Waals surface area (Å²) in [5, 5.41) is 5.55. The topological polar surface area (TPSA) is 81.8 Å². The minimum Gasteiger partial charge on any atom is -0.355 e. The Morgan fingerprint density at radius 2 is 1.92 bits per heavy atom. The number of benzene rings is 1. The molecule has 24 heavy (non-hydrogen) atoms. The van der Waals surface area contributed by atoms with Crippen LogP contribution in [0.15, 0.2) is 24.3 Å². The van der Waals surface area contributed by atoms with E-state index < -0.39 is 0 Å². The number of carbonyl (C=O) groups excluding carboxylic acids is 3. The van der Waals surface area contributed by atoms with Gasteiger partial charge in [-0.05, 0) is 38.4 Å². The van der Waals surface area contributed by atoms with Crippen LogP contribution in [0.1, 0.15) is 13.3 Å². The van der Waals surface area contributed by atoms with E-state index in [-0.39, 0.29) is 30.1 Å². The predicted molar refractivity (Wildman–Crippen MR) is 92.8 cm³/mol. The third kappa shape index (κ3) is 4.79. The highest BCUT2D eigenvalue weighted by atomic mass is 16.2. The second kappa shape index (κ2) is 7.92. The van der Waals surface area contributed by atoms with Gasteiger partial charge in [-0.15, -0.1) is 0 Å². The van der Waals surface area contributed by atoms with Crippen molar-refractivity contribution < 1.29 is 14.4 Å². The normalized spacial score (nSPS) is 17.2. The Morgan fingerprint density at radius 1 is 1.25 bits per heavy atom. The highest BCUT2D eigenvalue weighted by Gasteiger charge is 2.34. The molecule has 1 aliphatic heterocycles. The molecule has 1 aromatic carbocycles. The van der Waals surface area contributed by atoms with Gasteiger partial charge in [-0.25, -0.2) is 0 Å². The molecule has 0 aliphatic carbocycles. The van der Waals surface area contributed by atoms with Gasteiger partial charge in [-0.2, -0.15) is 0 Å². The molecule has 7 nitrogen and oxygen atoms in total. The van der Waals surface area contributed by atoms with Crippen molar-refractivity contribution in [2.75, 3.05) is 43.9 Å². The van der Waals surface area contributed by atoms with Crippen molar-refractivity contribution >= 4 is 29.1 Å². The van der Waals surface area contributed by atoms with Crippen molar-refractivity contribution in [3.05, 3.63) is 24.3 Å². The van der Waals surface area contributed by atoms with Crippen LogP contribution >= 0.6 is 0 Å². The molecule has 0 saturated carbocycles. The molecule has 0 aromatic heterocycles. The SMILES string of the molecule is CC(=O)Nc1ccc(N2CC(C(=O)NCCN(C)C)CC2=O)cc1. The molecule has 1 unspecified atom stereocenters. The minimum absolute atomic E-state index is 0.0602. The van der Waals surface area contributed by atoms with E-state index in [0.29, 0.717) is 18.8 Å². The lowest BCUT2D eigenvalue weighted by atomic mass is 10.1. The maximum absolute atomic E-state index is 12.2. The number of hydrogen-bond donors (Lipinski definition) is 2. The van der Waals surface area contributed by atoms with Crippen LogP contribution in [0.3, 0.4) is 0 Å². The summed E-state index contributed by atoms with van der Waals surface area (Å²) >= 11 is 0. The first-order valence-corrected chi connectivity index (χ1v) is 7.97. The van der Waals surface area contributed by atoms with Gasteiger partial charge in [0.05, 0.1) is 5.92 Å². The number of hydrogen-bond acceptors (Lipinski definition) is 4. The standard InChI is InChI=1S/C17H24N4O3/c1-12(22)19-14-4-6-15(7-5-14)21-11-13(10-16(21)23)17(24)18-8-9-20(2)3/h4-7,13H,8-11H2,1-3H3,(H,18,24)(H,19,22). The van der Waals surface area contributed by atoms with Crippen molar-refractivity contribution in [3.63, 3.8) is 0 Å². The molecule has 0 radical (unpaired) electrons. The van der Waals surface area contributed by atoms with Crippen LogP contribution in [-0.2, 0) is 14.4 Å². The van der Waals surface area contributed by atoms with Crippen LogP contribution < -0.4 is 15.5 Å². The molecule has 1 saturated heterocycles. The number of nitrogens with zero attached hydrogens (tertiary/aromatic N) is 2. The number of rotatable bonds is 6. The maximum Gasteiger partial charge on any atom is 0.227 e. The van der Waals surface area contributed by atoms with E-state index in [9.17, 15) is 14.4 Å². The summed E-state index contributed by atoms with van der Waals surface area (Å²) in [6.07, 6.45) is 0.223. The third-order valence-electron chi connectivity index (χ3n) is 3.85. The van der Waals surface area contributed by atoms with Crippen LogP contribution in [0.2, 0.25) is 0 Å². The van der Waals surface area contributed by atoms with Gasteiger partial charge < -0.3 is 20.4 Å². The van der Waals surface area contributed by atoms with E-state index in [1.54, 1.807) is 29.2 Å². The van der Waals surface area contributed by atoms with Crippen molar-refractivity contribution in [3.8, 4) is 0 Å². The first-order chi connectivity index (χ1) is 11.4. The van der Waals surface area contributed by atoms with Crippen LogP contribution in [-0.4, -0.2) is 56.4 Å². The average molecular weight is 332 g/mol. The summed E-state index contributed by atoms with van der Waals surface area (Å²) in [7, 11) is 3.88. The quantitative estimate of drug-likeness (QED) is 0.802. The fourth-order valence-corrected chi connectivity index (χ4v) is 2.61. The molecule has 1 heterocycles. The molecule has 1 fully saturated rings. The van der Waals surface area contributed by atoms with E-state index in [1.807, 2.05) is 19.0 Å². The summed E-state index contributed by atoms with van der Waals surface area (Å²) in [6, 6.07) is 7.04. The largest absolute Gasteiger partial charge is 0.355 e. The highest BCUT2D eigenvalue weighted by molar-refractivity contribution is 6.00. The molecule has 1 aliphatic rings. The van der Waals surface area contributed by atoms with Gasteiger partial charge in [0.1, 0.15) is 0 Å². The van der Waals surface area contributed by atoms with Crippen LogP contribution in [0.4, 0.5) is 11.4 Å². The Kier molecular flexibility index (Phi) is 5.92. The van der Waals surface area contributed by atoms with E-state index in [0.717, 1.165) is 12.2 Å². The Hall–Kier alpha value is -2.41. The molecule has 0 bridgehead atoms. The lowest BCUT2D eigenvalue weighted by Gasteiger charge is -2.17. The first-order valence-electron chi connectivity index (χ1n) is 7.97. The zero-order chi connectivity index (χ0) is 17.7. The Balaban J connectivity index is 1.94. The second-order valence-electron chi connectivity index (χ2n) is 6.23. The smallest absolute Gasteiger partial charge is 0.227 e. The monoisotopic (exact) mass is 332 g/mol. The zero-order valence-corrected chi connectivity index (χ0v) is 14.3. The van der Waals surface area contributed by atoms with E-state index in [2.05, 4.69) is 10.6 Å². The molecular weight excluding hydrogens is 308 g/mol. The summed E-state index contributed by atoms with van der Waals surface area (Å²) in [5.41, 5.74) is 1.41. The van der Waals surface area contributed by atoms with Gasteiger partial charge in [0.15, 0.2) is 0 Å². The number of anilines is 2. The number of nitrogens with one attached hydrogen (secondary N) is 2. The van der Waals surface area contributed by atoms with Gasteiger partial charge in [0, 0.05) is 44.4 Å². The minimum atomic E-state index is -0.324. The Morgan fingerprint density at radius 3 is 2.50 bits per heavy atom. The van der Waals surface area contributed by atoms with Gasteiger partial charge in [0.2, 0.25) is 17.7 Å². The van der Waals surface area contributed by atoms with Crippen molar-refractivity contribution in [2.24, 2.45) is 5.92 Å². The summed E-state index contributed by atoms with van der Waals surface area (Å²) < 4.78 is 0. The molecule has 3 amide bonds. The van der Waals surface area contributed by atoms with Crippen molar-refractivity contribution in [1.82, 2.24) is 10.2 Å². The summed E-state index contributed by atoms with van der Waals surface area (Å²) in [5.74, 6) is -0.609. The fraction of sp³-hybridized carbons (Fsp3) is 0.471. The van der Waals surface area contributed by atoms with Gasteiger partial charge in [-0.3, -0.25) is 14.4 Å². The van der Waals surface area contributed by atoms with E-state index in [1.165, 1.54) is 6.92 Å². The number of amides is 3. The van der Waals surface area contributed by atoms with Crippen molar-refractivity contribution in [2.45, 2.75) is 13.3 Å². The maximum atomic E-state index is 12.2. The van der Waals surface area contributed by atoms with Gasteiger partial charge >= 0.3 is 0 Å². The third-order valence-corrected chi connectivity index (χ3v) is 3.85. The molecular formula is C17H24N4O3. The zero-order valence-electron chi connectivity index (χ0n) is 14.3. The molecule has 0 spiro atoms. The van der Waals surface area contributed by atoms with Crippen LogP contribution in [0.5, 0.6) is 0 Å². The van der Waals surface area contributed by atoms with Crippen molar-refractivity contribution in [1.29, 1.82) is 0 Å². The second-order valence-corrected chi connectivity index (χ2v) is 6.23. The van der Waals surface area contributed by atoms with E-state index >= 15 is 0 Å². The molecule has 130 valence electrons. The predicted octanol–water partition coefficient (Wildman–Crippen LogP) is 0.676. The van der Waals surface area contributed by atoms with Gasteiger partial charge in [0.25, 0.3) is 0 Å². The van der Waals surface area contributed by atoms with Gasteiger partial charge in [-0.1, -0.05) is 0 Å².